The number of para-hydroxylation sites is 1. The minimum absolute atomic E-state index is 0.121. The van der Waals surface area contributed by atoms with E-state index in [4.69, 9.17) is 4.74 Å². The molecule has 3 atom stereocenters. The number of urea groups is 1. The normalized spacial score (nSPS) is 22.3. The fourth-order valence-corrected chi connectivity index (χ4v) is 5.19. The van der Waals surface area contributed by atoms with Gasteiger partial charge in [0.1, 0.15) is 6.10 Å². The number of carbonyl (C=O) groups is 2. The van der Waals surface area contributed by atoms with E-state index in [1.807, 2.05) is 6.92 Å². The maximum Gasteiger partial charge on any atom is 0.317 e. The predicted molar refractivity (Wildman–Crippen MR) is 134 cm³/mol. The number of hydrogen-bond donors (Lipinski definition) is 3. The Hall–Kier alpha value is -2.53. The van der Waals surface area contributed by atoms with Crippen molar-refractivity contribution in [2.45, 2.75) is 64.1 Å². The first-order chi connectivity index (χ1) is 16.5. The van der Waals surface area contributed by atoms with Gasteiger partial charge in [-0.05, 0) is 31.9 Å². The van der Waals surface area contributed by atoms with E-state index in [9.17, 15) is 23.1 Å². The Morgan fingerprint density at radius 1 is 1.29 bits per heavy atom. The summed E-state index contributed by atoms with van der Waals surface area (Å²) >= 11 is 0. The van der Waals surface area contributed by atoms with E-state index in [1.165, 1.54) is 12.5 Å². The molecule has 0 spiro atoms. The Morgan fingerprint density at radius 3 is 2.60 bits per heavy atom. The van der Waals surface area contributed by atoms with Crippen molar-refractivity contribution >= 4 is 27.6 Å². The highest BCUT2D eigenvalue weighted by molar-refractivity contribution is 7.92. The van der Waals surface area contributed by atoms with Crippen molar-refractivity contribution in [1.82, 2.24) is 15.1 Å². The lowest BCUT2D eigenvalue weighted by molar-refractivity contribution is 0.0368. The van der Waals surface area contributed by atoms with Gasteiger partial charge in [-0.25, -0.2) is 13.2 Å². The molecule has 0 saturated heterocycles. The molecule has 0 aromatic heterocycles. The number of anilines is 1. The number of rotatable bonds is 7. The number of fused-ring (bicyclic) bond motifs is 1. The summed E-state index contributed by atoms with van der Waals surface area (Å²) in [4.78, 5) is 29.4. The fourth-order valence-electron chi connectivity index (χ4n) is 4.63. The molecule has 3 amide bonds. The number of ether oxygens (including phenoxy) is 1. The van der Waals surface area contributed by atoms with E-state index in [2.05, 4.69) is 10.0 Å². The van der Waals surface area contributed by atoms with Crippen LogP contribution >= 0.6 is 0 Å². The van der Waals surface area contributed by atoms with Crippen molar-refractivity contribution in [2.75, 3.05) is 37.7 Å². The zero-order chi connectivity index (χ0) is 25.8. The highest BCUT2D eigenvalue weighted by Crippen LogP contribution is 2.35. The van der Waals surface area contributed by atoms with Gasteiger partial charge in [-0.1, -0.05) is 32.3 Å². The van der Waals surface area contributed by atoms with Crippen LogP contribution in [0, 0.1) is 5.92 Å². The average molecular weight is 511 g/mol. The first-order valence-corrected chi connectivity index (χ1v) is 14.1. The number of amides is 3. The second kappa shape index (κ2) is 11.5. The number of likely N-dealkylation sites (N-methyl/N-ethyl adjacent to an activating group) is 1. The Balaban J connectivity index is 1.91. The van der Waals surface area contributed by atoms with Crippen LogP contribution in [0.5, 0.6) is 5.75 Å². The SMILES string of the molecule is C[C@H]1CN([C@@H](C)CO)C(=O)c2cccc(NS(C)(=O)=O)c2O[C@H]1CN(C)C(=O)NC1CCCCC1. The molecule has 0 unspecified atom stereocenters. The molecule has 11 heteroatoms. The van der Waals surface area contributed by atoms with Gasteiger partial charge in [-0.2, -0.15) is 0 Å². The van der Waals surface area contributed by atoms with Gasteiger partial charge in [0, 0.05) is 25.6 Å². The lowest BCUT2D eigenvalue weighted by Crippen LogP contribution is -2.52. The van der Waals surface area contributed by atoms with Crippen LogP contribution in [0.2, 0.25) is 0 Å². The summed E-state index contributed by atoms with van der Waals surface area (Å²) in [6.45, 7) is 4.00. The largest absolute Gasteiger partial charge is 0.485 e. The molecule has 1 heterocycles. The van der Waals surface area contributed by atoms with Gasteiger partial charge in [-0.15, -0.1) is 0 Å². The van der Waals surface area contributed by atoms with Crippen molar-refractivity contribution in [3.05, 3.63) is 23.8 Å². The van der Waals surface area contributed by atoms with E-state index in [0.717, 1.165) is 31.9 Å². The number of nitrogens with zero attached hydrogens (tertiary/aromatic N) is 2. The second-order valence-corrected chi connectivity index (χ2v) is 11.6. The van der Waals surface area contributed by atoms with E-state index in [1.54, 1.807) is 35.9 Å². The molecule has 1 fully saturated rings. The third-order valence-corrected chi connectivity index (χ3v) is 7.31. The van der Waals surface area contributed by atoms with Crippen LogP contribution in [-0.2, 0) is 10.0 Å². The summed E-state index contributed by atoms with van der Waals surface area (Å²) in [5.41, 5.74) is 0.355. The van der Waals surface area contributed by atoms with Crippen LogP contribution in [0.3, 0.4) is 0 Å². The molecule has 1 aliphatic heterocycles. The summed E-state index contributed by atoms with van der Waals surface area (Å²) < 4.78 is 32.7. The third kappa shape index (κ3) is 7.00. The number of aliphatic hydroxyl groups excluding tert-OH is 1. The smallest absolute Gasteiger partial charge is 0.317 e. The van der Waals surface area contributed by atoms with Crippen LogP contribution in [-0.4, -0.2) is 86.4 Å². The number of sulfonamides is 1. The van der Waals surface area contributed by atoms with Crippen LogP contribution in [0.15, 0.2) is 18.2 Å². The van der Waals surface area contributed by atoms with Crippen molar-refractivity contribution in [1.29, 1.82) is 0 Å². The fraction of sp³-hybridized carbons (Fsp3) is 0.667. The van der Waals surface area contributed by atoms with E-state index < -0.39 is 22.2 Å². The highest BCUT2D eigenvalue weighted by Gasteiger charge is 2.35. The summed E-state index contributed by atoms with van der Waals surface area (Å²) in [6.07, 6.45) is 5.86. The van der Waals surface area contributed by atoms with Gasteiger partial charge in [0.05, 0.1) is 36.7 Å². The molecule has 196 valence electrons. The molecule has 10 nitrogen and oxygen atoms in total. The quantitative estimate of drug-likeness (QED) is 0.516. The van der Waals surface area contributed by atoms with Crippen LogP contribution in [0.4, 0.5) is 10.5 Å². The summed E-state index contributed by atoms with van der Waals surface area (Å²) in [5.74, 6) is -0.444. The van der Waals surface area contributed by atoms with Crippen molar-refractivity contribution in [3.63, 3.8) is 0 Å². The second-order valence-electron chi connectivity index (χ2n) is 9.84. The Kier molecular flexibility index (Phi) is 8.87. The van der Waals surface area contributed by atoms with Crippen molar-refractivity contribution in [2.24, 2.45) is 5.92 Å². The molecule has 0 bridgehead atoms. The summed E-state index contributed by atoms with van der Waals surface area (Å²) in [6, 6.07) is 4.23. The minimum atomic E-state index is -3.64. The number of benzene rings is 1. The molecular formula is C24H38N4O6S. The molecule has 1 aromatic rings. The monoisotopic (exact) mass is 510 g/mol. The Labute approximate surface area is 208 Å². The molecule has 3 N–H and O–H groups in total. The maximum absolute atomic E-state index is 13.4. The van der Waals surface area contributed by atoms with Crippen molar-refractivity contribution in [3.8, 4) is 5.75 Å². The number of hydrogen-bond acceptors (Lipinski definition) is 6. The average Bonchev–Trinajstić information content (AvgIpc) is 2.80. The van der Waals surface area contributed by atoms with Crippen LogP contribution in [0.1, 0.15) is 56.3 Å². The van der Waals surface area contributed by atoms with Gasteiger partial charge >= 0.3 is 6.03 Å². The molecule has 0 radical (unpaired) electrons. The molecule has 1 aliphatic carbocycles. The van der Waals surface area contributed by atoms with E-state index in [0.29, 0.717) is 6.54 Å². The molecular weight excluding hydrogens is 472 g/mol. The van der Waals surface area contributed by atoms with Gasteiger partial charge in [-0.3, -0.25) is 9.52 Å². The first kappa shape index (κ1) is 27.1. The first-order valence-electron chi connectivity index (χ1n) is 12.2. The van der Waals surface area contributed by atoms with Gasteiger partial charge in [0.15, 0.2) is 5.75 Å². The number of aliphatic hydroxyl groups is 1. The lowest BCUT2D eigenvalue weighted by Gasteiger charge is -2.38. The number of nitrogens with one attached hydrogen (secondary N) is 2. The van der Waals surface area contributed by atoms with Crippen LogP contribution < -0.4 is 14.8 Å². The topological polar surface area (TPSA) is 128 Å². The number of carbonyl (C=O) groups excluding carboxylic acids is 2. The zero-order valence-corrected chi connectivity index (χ0v) is 21.8. The highest BCUT2D eigenvalue weighted by atomic mass is 32.2. The van der Waals surface area contributed by atoms with Gasteiger partial charge < -0.3 is 25.0 Å². The predicted octanol–water partition coefficient (Wildman–Crippen LogP) is 2.25. The molecule has 1 aromatic carbocycles. The summed E-state index contributed by atoms with van der Waals surface area (Å²) in [7, 11) is -1.93. The molecule has 3 rings (SSSR count). The van der Waals surface area contributed by atoms with Gasteiger partial charge in [0.25, 0.3) is 5.91 Å². The van der Waals surface area contributed by atoms with E-state index in [-0.39, 0.29) is 54.1 Å². The van der Waals surface area contributed by atoms with Crippen molar-refractivity contribution < 1.29 is 27.9 Å². The van der Waals surface area contributed by atoms with E-state index >= 15 is 0 Å². The Bertz CT molecular complexity index is 1010. The molecule has 1 saturated carbocycles. The van der Waals surface area contributed by atoms with Crippen LogP contribution in [0.25, 0.3) is 0 Å². The molecule has 35 heavy (non-hydrogen) atoms. The minimum Gasteiger partial charge on any atom is -0.485 e. The zero-order valence-electron chi connectivity index (χ0n) is 21.0. The van der Waals surface area contributed by atoms with Gasteiger partial charge in [0.2, 0.25) is 10.0 Å². The summed E-state index contributed by atoms with van der Waals surface area (Å²) in [5, 5.41) is 12.9. The molecule has 2 aliphatic rings. The maximum atomic E-state index is 13.4. The third-order valence-electron chi connectivity index (χ3n) is 6.72. The standard InChI is InChI=1S/C24H38N4O6S/c1-16-13-28(17(2)15-29)23(30)19-11-8-12-20(26-35(4,32)33)22(19)34-21(16)14-27(3)24(31)25-18-9-6-5-7-10-18/h8,11-12,16-18,21,26,29H,5-7,9-10,13-15H2,1-4H3,(H,25,31)/t16-,17-,21-/m0/s1. The lowest BCUT2D eigenvalue weighted by atomic mass is 9.96. The Morgan fingerprint density at radius 2 is 1.97 bits per heavy atom.